The van der Waals surface area contributed by atoms with E-state index in [1.807, 2.05) is 6.07 Å². The lowest BCUT2D eigenvalue weighted by molar-refractivity contribution is -0.147. The number of carbonyl (C=O) groups excluding carboxylic acids is 3. The van der Waals surface area contributed by atoms with Gasteiger partial charge in [-0.05, 0) is 35.9 Å². The van der Waals surface area contributed by atoms with E-state index < -0.39 is 36.2 Å². The maximum Gasteiger partial charge on any atom is 0.308 e. The molecule has 8 heteroatoms. The molecule has 0 fully saturated rings. The summed E-state index contributed by atoms with van der Waals surface area (Å²) in [5.41, 5.74) is 1.22. The fourth-order valence-corrected chi connectivity index (χ4v) is 3.18. The number of benzene rings is 3. The van der Waals surface area contributed by atoms with Crippen LogP contribution in [0.4, 0.5) is 10.1 Å². The van der Waals surface area contributed by atoms with Crippen LogP contribution >= 0.6 is 11.6 Å². The minimum absolute atomic E-state index is 0.201. The summed E-state index contributed by atoms with van der Waals surface area (Å²) in [5.74, 6) is -2.24. The van der Waals surface area contributed by atoms with Crippen LogP contribution in [0.5, 0.6) is 0 Å². The van der Waals surface area contributed by atoms with Crippen LogP contribution in [0.2, 0.25) is 5.02 Å². The molecule has 0 aliphatic carbocycles. The van der Waals surface area contributed by atoms with Gasteiger partial charge in [0.2, 0.25) is 0 Å². The Kier molecular flexibility index (Phi) is 7.94. The Morgan fingerprint density at radius 2 is 1.66 bits per heavy atom. The molecule has 3 aromatic rings. The number of esters is 1. The van der Waals surface area contributed by atoms with E-state index in [1.54, 1.807) is 48.5 Å². The SMILES string of the molecule is O=C(COC(=O)C[C@@H](NC(=O)c1ccccc1Cl)c1ccccc1)Nc1cccc(F)c1. The first kappa shape index (κ1) is 23.0. The monoisotopic (exact) mass is 454 g/mol. The fraction of sp³-hybridized carbons (Fsp3) is 0.125. The van der Waals surface area contributed by atoms with Crippen molar-refractivity contribution in [2.45, 2.75) is 12.5 Å². The zero-order valence-corrected chi connectivity index (χ0v) is 17.6. The van der Waals surface area contributed by atoms with E-state index in [4.69, 9.17) is 16.3 Å². The van der Waals surface area contributed by atoms with Crippen molar-refractivity contribution >= 4 is 35.1 Å². The van der Waals surface area contributed by atoms with Crippen molar-refractivity contribution in [2.75, 3.05) is 11.9 Å². The lowest BCUT2D eigenvalue weighted by atomic mass is 10.0. The molecule has 164 valence electrons. The number of nitrogens with one attached hydrogen (secondary N) is 2. The third kappa shape index (κ3) is 6.65. The second-order valence-corrected chi connectivity index (χ2v) is 7.25. The molecule has 0 unspecified atom stereocenters. The minimum atomic E-state index is -0.696. The Morgan fingerprint density at radius 3 is 2.38 bits per heavy atom. The van der Waals surface area contributed by atoms with Crippen molar-refractivity contribution < 1.29 is 23.5 Å². The Balaban J connectivity index is 1.62. The van der Waals surface area contributed by atoms with Crippen molar-refractivity contribution in [2.24, 2.45) is 0 Å². The molecule has 0 spiro atoms. The van der Waals surface area contributed by atoms with Gasteiger partial charge in [0.05, 0.1) is 23.0 Å². The summed E-state index contributed by atoms with van der Waals surface area (Å²) < 4.78 is 18.3. The molecular formula is C24H20ClFN2O4. The van der Waals surface area contributed by atoms with Gasteiger partial charge in [-0.3, -0.25) is 14.4 Å². The van der Waals surface area contributed by atoms with Gasteiger partial charge in [0, 0.05) is 5.69 Å². The first-order valence-corrected chi connectivity index (χ1v) is 10.1. The minimum Gasteiger partial charge on any atom is -0.455 e. The molecule has 2 amide bonds. The molecule has 0 aliphatic heterocycles. The summed E-state index contributed by atoms with van der Waals surface area (Å²) in [6.45, 7) is -0.546. The van der Waals surface area contributed by atoms with Gasteiger partial charge >= 0.3 is 5.97 Å². The van der Waals surface area contributed by atoms with Crippen LogP contribution in [-0.2, 0) is 14.3 Å². The van der Waals surface area contributed by atoms with E-state index in [2.05, 4.69) is 10.6 Å². The number of amides is 2. The molecule has 0 aliphatic rings. The quantitative estimate of drug-likeness (QED) is 0.490. The standard InChI is InChI=1S/C24H20ClFN2O4/c25-20-12-5-4-11-19(20)24(31)28-21(16-7-2-1-3-8-16)14-23(30)32-15-22(29)27-18-10-6-9-17(26)13-18/h1-13,21H,14-15H2,(H,27,29)(H,28,31)/t21-/m1/s1. The fourth-order valence-electron chi connectivity index (χ4n) is 2.95. The van der Waals surface area contributed by atoms with Crippen LogP contribution < -0.4 is 10.6 Å². The summed E-state index contributed by atoms with van der Waals surface area (Å²) >= 11 is 6.09. The van der Waals surface area contributed by atoms with Crippen LogP contribution in [0.3, 0.4) is 0 Å². The normalized spacial score (nSPS) is 11.3. The Bertz CT molecular complexity index is 1110. The molecule has 0 saturated carbocycles. The highest BCUT2D eigenvalue weighted by molar-refractivity contribution is 6.33. The molecule has 0 aromatic heterocycles. The highest BCUT2D eigenvalue weighted by Gasteiger charge is 2.21. The molecule has 32 heavy (non-hydrogen) atoms. The zero-order valence-electron chi connectivity index (χ0n) is 16.9. The summed E-state index contributed by atoms with van der Waals surface area (Å²) in [7, 11) is 0. The molecule has 0 saturated heterocycles. The van der Waals surface area contributed by atoms with Crippen molar-refractivity contribution in [3.8, 4) is 0 Å². The number of anilines is 1. The molecule has 0 bridgehead atoms. The smallest absolute Gasteiger partial charge is 0.308 e. The Morgan fingerprint density at radius 1 is 0.938 bits per heavy atom. The number of carbonyl (C=O) groups is 3. The lowest BCUT2D eigenvalue weighted by Crippen LogP contribution is -2.31. The van der Waals surface area contributed by atoms with Crippen LogP contribution in [0.25, 0.3) is 0 Å². The first-order valence-electron chi connectivity index (χ1n) is 9.74. The van der Waals surface area contributed by atoms with Gasteiger partial charge in [0.1, 0.15) is 5.82 Å². The van der Waals surface area contributed by atoms with Gasteiger partial charge in [-0.25, -0.2) is 4.39 Å². The maximum absolute atomic E-state index is 13.2. The average molecular weight is 455 g/mol. The predicted octanol–water partition coefficient (Wildman–Crippen LogP) is 4.52. The third-order valence-electron chi connectivity index (χ3n) is 4.47. The van der Waals surface area contributed by atoms with Gasteiger partial charge in [0.15, 0.2) is 6.61 Å². The summed E-state index contributed by atoms with van der Waals surface area (Å²) in [4.78, 5) is 37.1. The van der Waals surface area contributed by atoms with Gasteiger partial charge in [-0.1, -0.05) is 60.1 Å². The molecule has 6 nitrogen and oxygen atoms in total. The first-order chi connectivity index (χ1) is 15.4. The third-order valence-corrected chi connectivity index (χ3v) is 4.80. The highest BCUT2D eigenvalue weighted by Crippen LogP contribution is 2.21. The van der Waals surface area contributed by atoms with Gasteiger partial charge in [0.25, 0.3) is 11.8 Å². The lowest BCUT2D eigenvalue weighted by Gasteiger charge is -2.19. The van der Waals surface area contributed by atoms with Crippen LogP contribution in [0.15, 0.2) is 78.9 Å². The van der Waals surface area contributed by atoms with Gasteiger partial charge in [-0.2, -0.15) is 0 Å². The van der Waals surface area contributed by atoms with Crippen LogP contribution in [0.1, 0.15) is 28.4 Å². The summed E-state index contributed by atoms with van der Waals surface area (Å²) in [5, 5.41) is 5.52. The Labute approximate surface area is 189 Å². The zero-order chi connectivity index (χ0) is 22.9. The van der Waals surface area contributed by atoms with Gasteiger partial charge in [-0.15, -0.1) is 0 Å². The van der Waals surface area contributed by atoms with Crippen LogP contribution in [-0.4, -0.2) is 24.4 Å². The molecule has 1 atom stereocenters. The van der Waals surface area contributed by atoms with E-state index in [0.29, 0.717) is 5.56 Å². The predicted molar refractivity (Wildman–Crippen MR) is 119 cm³/mol. The topological polar surface area (TPSA) is 84.5 Å². The van der Waals surface area contributed by atoms with E-state index in [9.17, 15) is 18.8 Å². The number of rotatable bonds is 8. The molecule has 3 rings (SSSR count). The van der Waals surface area contributed by atoms with E-state index >= 15 is 0 Å². The number of halogens is 2. The second-order valence-electron chi connectivity index (χ2n) is 6.84. The number of hydrogen-bond donors (Lipinski definition) is 2. The highest BCUT2D eigenvalue weighted by atomic mass is 35.5. The largest absolute Gasteiger partial charge is 0.455 e. The summed E-state index contributed by atoms with van der Waals surface area (Å²) in [6, 6.07) is 20.1. The molecule has 3 aromatic carbocycles. The Hall–Kier alpha value is -3.71. The van der Waals surface area contributed by atoms with Gasteiger partial charge < -0.3 is 15.4 Å². The van der Waals surface area contributed by atoms with Crippen LogP contribution in [0, 0.1) is 5.82 Å². The summed E-state index contributed by atoms with van der Waals surface area (Å²) in [6.07, 6.45) is -0.201. The average Bonchev–Trinajstić information content (AvgIpc) is 2.78. The number of ether oxygens (including phenoxy) is 1. The van der Waals surface area contributed by atoms with Crippen molar-refractivity contribution in [1.29, 1.82) is 0 Å². The van der Waals surface area contributed by atoms with E-state index in [-0.39, 0.29) is 22.7 Å². The van der Waals surface area contributed by atoms with Crippen molar-refractivity contribution in [1.82, 2.24) is 5.32 Å². The van der Waals surface area contributed by atoms with Crippen molar-refractivity contribution in [3.63, 3.8) is 0 Å². The number of hydrogen-bond acceptors (Lipinski definition) is 4. The molecule has 2 N–H and O–H groups in total. The van der Waals surface area contributed by atoms with E-state index in [1.165, 1.54) is 18.2 Å². The van der Waals surface area contributed by atoms with Crippen molar-refractivity contribution in [3.05, 3.63) is 101 Å². The molecule has 0 heterocycles. The van der Waals surface area contributed by atoms with E-state index in [0.717, 1.165) is 6.07 Å². The molecule has 0 radical (unpaired) electrons. The second kappa shape index (κ2) is 11.1. The molecular weight excluding hydrogens is 435 g/mol. The maximum atomic E-state index is 13.2.